The van der Waals surface area contributed by atoms with Gasteiger partial charge in [-0.3, -0.25) is 0 Å². The molecular weight excluding hydrogens is 972 g/mol. The van der Waals surface area contributed by atoms with E-state index in [9.17, 15) is 0 Å². The van der Waals surface area contributed by atoms with Crippen molar-refractivity contribution in [3.8, 4) is 22.6 Å². The highest BCUT2D eigenvalue weighted by Gasteiger charge is 2.50. The molecule has 11 aromatic carbocycles. The number of hydrogen-bond acceptors (Lipinski definition) is 6. The van der Waals surface area contributed by atoms with Crippen molar-refractivity contribution in [2.75, 3.05) is 37.6 Å². The highest BCUT2D eigenvalue weighted by molar-refractivity contribution is 7.02. The SMILES string of the molecule is c1ccc(-c2ccc3c(c2)N(c2ccccc2)c2c4c5c(c6c2B3c2cc3c(cc2O6)N(c2ccccc2)c2cc(N(c6ccccc6)c6ccccc6)cc6c2B3c2ccccc2N6c2ccccc2)CCCN5CCC4)cc1. The van der Waals surface area contributed by atoms with Crippen LogP contribution in [0.1, 0.15) is 24.0 Å². The second-order valence-electron chi connectivity index (χ2n) is 22.1. The zero-order valence-electron chi connectivity index (χ0n) is 44.2. The van der Waals surface area contributed by atoms with Crippen LogP contribution in [0.15, 0.2) is 249 Å². The molecule has 80 heavy (non-hydrogen) atoms. The minimum absolute atomic E-state index is 0.0916. The molecule has 0 saturated heterocycles. The molecule has 0 saturated carbocycles. The molecule has 0 radical (unpaired) electrons. The van der Waals surface area contributed by atoms with Crippen LogP contribution in [0.25, 0.3) is 11.1 Å². The summed E-state index contributed by atoms with van der Waals surface area (Å²) in [6.45, 7) is 1.93. The van der Waals surface area contributed by atoms with Crippen molar-refractivity contribution in [3.63, 3.8) is 0 Å². The molecule has 0 aliphatic carbocycles. The van der Waals surface area contributed by atoms with Crippen LogP contribution in [0.4, 0.5) is 73.9 Å². The lowest BCUT2D eigenvalue weighted by Gasteiger charge is -2.48. The van der Waals surface area contributed by atoms with Gasteiger partial charge in [0.1, 0.15) is 11.5 Å². The molecule has 8 heteroatoms. The standard InChI is InChI=1S/C72H53B2N5O/c1-7-23-48(24-8-1)49-39-40-59-63(43-49)79(54-33-17-6-18-34-54)71-56-35-21-41-75-42-22-36-57(70(56)75)72-69(71)74(59)61-46-60-64(47-67(61)80-72)78(53-31-15-5-16-32-53)66-45-55(76(50-25-9-2-10-26-50)51-27-11-3-12-28-51)44-65-68(66)73(60)58-37-19-20-38-62(58)77(65)52-29-13-4-14-30-52/h1-20,23-34,37-40,43-47H,21-22,35-36,41-42H2. The van der Waals surface area contributed by atoms with Gasteiger partial charge in [-0.1, -0.05) is 158 Å². The second-order valence-corrected chi connectivity index (χ2v) is 22.1. The number of para-hydroxylation sites is 6. The maximum absolute atomic E-state index is 7.86. The number of ether oxygens (including phenoxy) is 1. The Balaban J connectivity index is 0.971. The quantitative estimate of drug-likeness (QED) is 0.148. The Kier molecular flexibility index (Phi) is 10.2. The second kappa shape index (κ2) is 17.9. The summed E-state index contributed by atoms with van der Waals surface area (Å²) in [4.78, 5) is 12.8. The molecule has 0 N–H and O–H groups in total. The fourth-order valence-corrected chi connectivity index (χ4v) is 14.6. The van der Waals surface area contributed by atoms with Crippen LogP contribution in [0.2, 0.25) is 0 Å². The number of rotatable bonds is 7. The van der Waals surface area contributed by atoms with Crippen molar-refractivity contribution < 1.29 is 4.74 Å². The van der Waals surface area contributed by atoms with E-state index in [1.54, 1.807) is 0 Å². The van der Waals surface area contributed by atoms with Crippen LogP contribution in [0, 0.1) is 0 Å². The first-order valence-electron chi connectivity index (χ1n) is 28.5. The monoisotopic (exact) mass is 1030 g/mol. The molecule has 6 heterocycles. The smallest absolute Gasteiger partial charge is 0.256 e. The van der Waals surface area contributed by atoms with Crippen molar-refractivity contribution in [2.24, 2.45) is 0 Å². The van der Waals surface area contributed by atoms with E-state index in [-0.39, 0.29) is 13.4 Å². The molecule has 11 aromatic rings. The number of nitrogens with zero attached hydrogens (tertiary/aromatic N) is 5. The summed E-state index contributed by atoms with van der Waals surface area (Å²) in [6.07, 6.45) is 4.25. The molecule has 0 unspecified atom stereocenters. The zero-order valence-corrected chi connectivity index (χ0v) is 44.2. The highest BCUT2D eigenvalue weighted by atomic mass is 16.5. The lowest BCUT2D eigenvalue weighted by molar-refractivity contribution is 0.476. The van der Waals surface area contributed by atoms with E-state index < -0.39 is 0 Å². The van der Waals surface area contributed by atoms with Gasteiger partial charge >= 0.3 is 0 Å². The Bertz CT molecular complexity index is 4220. The van der Waals surface area contributed by atoms with E-state index in [0.29, 0.717) is 0 Å². The predicted molar refractivity (Wildman–Crippen MR) is 335 cm³/mol. The summed E-state index contributed by atoms with van der Waals surface area (Å²) in [5.74, 6) is 1.98. The van der Waals surface area contributed by atoms with Crippen molar-refractivity contribution >= 4 is 120 Å². The summed E-state index contributed by atoms with van der Waals surface area (Å²) >= 11 is 0. The molecule has 0 aromatic heterocycles. The van der Waals surface area contributed by atoms with Gasteiger partial charge in [-0.05, 0) is 160 Å². The van der Waals surface area contributed by atoms with Gasteiger partial charge in [0.2, 0.25) is 0 Å². The molecule has 6 nitrogen and oxygen atoms in total. The highest BCUT2D eigenvalue weighted by Crippen LogP contribution is 2.54. The minimum Gasteiger partial charge on any atom is -0.458 e. The summed E-state index contributed by atoms with van der Waals surface area (Å²) in [6, 6.07) is 92.0. The van der Waals surface area contributed by atoms with Crippen LogP contribution < -0.4 is 62.0 Å². The zero-order chi connectivity index (χ0) is 52.4. The maximum atomic E-state index is 7.86. The first kappa shape index (κ1) is 45.4. The van der Waals surface area contributed by atoms with Gasteiger partial charge in [0.05, 0.1) is 11.4 Å². The molecule has 378 valence electrons. The van der Waals surface area contributed by atoms with Crippen molar-refractivity contribution in [1.29, 1.82) is 0 Å². The van der Waals surface area contributed by atoms with Crippen LogP contribution in [0.5, 0.6) is 11.5 Å². The van der Waals surface area contributed by atoms with Crippen molar-refractivity contribution in [1.82, 2.24) is 0 Å². The maximum Gasteiger partial charge on any atom is 0.256 e. The van der Waals surface area contributed by atoms with Gasteiger partial charge in [0.15, 0.2) is 0 Å². The molecule has 0 fully saturated rings. The van der Waals surface area contributed by atoms with Gasteiger partial charge < -0.3 is 29.2 Å². The summed E-state index contributed by atoms with van der Waals surface area (Å²) in [5, 5.41) is 0. The third kappa shape index (κ3) is 6.75. The van der Waals surface area contributed by atoms with Crippen LogP contribution in [0.3, 0.4) is 0 Å². The van der Waals surface area contributed by atoms with Gasteiger partial charge in [-0.15, -0.1) is 0 Å². The van der Waals surface area contributed by atoms with Gasteiger partial charge in [0, 0.05) is 87.3 Å². The molecule has 6 aliphatic rings. The van der Waals surface area contributed by atoms with E-state index in [2.05, 4.69) is 273 Å². The summed E-state index contributed by atoms with van der Waals surface area (Å²) < 4.78 is 7.86. The number of fused-ring (bicyclic) bond motifs is 10. The van der Waals surface area contributed by atoms with Crippen molar-refractivity contribution in [2.45, 2.75) is 25.7 Å². The van der Waals surface area contributed by atoms with E-state index in [0.717, 1.165) is 95.8 Å². The Labute approximate surface area is 468 Å². The van der Waals surface area contributed by atoms with E-state index in [1.165, 1.54) is 83.5 Å². The number of benzene rings is 11. The average molecular weight is 1030 g/mol. The van der Waals surface area contributed by atoms with Gasteiger partial charge in [-0.25, -0.2) is 0 Å². The first-order chi connectivity index (χ1) is 39.7. The van der Waals surface area contributed by atoms with Gasteiger partial charge in [0.25, 0.3) is 13.4 Å². The predicted octanol–water partition coefficient (Wildman–Crippen LogP) is 14.0. The van der Waals surface area contributed by atoms with Crippen LogP contribution >= 0.6 is 0 Å². The minimum atomic E-state index is -0.115. The molecule has 0 bridgehead atoms. The molecule has 17 rings (SSSR count). The van der Waals surface area contributed by atoms with E-state index >= 15 is 0 Å². The Morgan fingerprint density at radius 1 is 0.350 bits per heavy atom. The normalized spacial score (nSPS) is 14.7. The molecule has 0 atom stereocenters. The molecule has 0 spiro atoms. The molecule has 0 amide bonds. The number of anilines is 13. The Hall–Kier alpha value is -9.65. The molecular formula is C72H53B2N5O. The fraction of sp³-hybridized carbons (Fsp3) is 0.0833. The Morgan fingerprint density at radius 2 is 0.863 bits per heavy atom. The van der Waals surface area contributed by atoms with E-state index in [1.807, 2.05) is 0 Å². The lowest BCUT2D eigenvalue weighted by Crippen LogP contribution is -2.64. The largest absolute Gasteiger partial charge is 0.458 e. The van der Waals surface area contributed by atoms with Gasteiger partial charge in [-0.2, -0.15) is 0 Å². The third-order valence-corrected chi connectivity index (χ3v) is 17.8. The van der Waals surface area contributed by atoms with Crippen molar-refractivity contribution in [3.05, 3.63) is 260 Å². The summed E-state index contributed by atoms with van der Waals surface area (Å²) in [5.41, 5.74) is 28.1. The number of hydrogen-bond donors (Lipinski definition) is 0. The summed E-state index contributed by atoms with van der Waals surface area (Å²) in [7, 11) is 0. The van der Waals surface area contributed by atoms with Crippen LogP contribution in [-0.2, 0) is 12.8 Å². The Morgan fingerprint density at radius 3 is 1.50 bits per heavy atom. The lowest BCUT2D eigenvalue weighted by atomic mass is 9.30. The van der Waals surface area contributed by atoms with Crippen LogP contribution in [-0.4, -0.2) is 26.5 Å². The topological polar surface area (TPSA) is 25.4 Å². The fourth-order valence-electron chi connectivity index (χ4n) is 14.6. The third-order valence-electron chi connectivity index (χ3n) is 17.8. The molecule has 6 aliphatic heterocycles. The average Bonchev–Trinajstić information content (AvgIpc) is 2.48. The van der Waals surface area contributed by atoms with E-state index in [4.69, 9.17) is 4.74 Å². The first-order valence-corrected chi connectivity index (χ1v) is 28.5.